The number of nitrogens with zero attached hydrogens (tertiary/aromatic N) is 4. The lowest BCUT2D eigenvalue weighted by Gasteiger charge is -2.24. The van der Waals surface area contributed by atoms with Crippen LogP contribution in [0.4, 0.5) is 10.2 Å². The average Bonchev–Trinajstić information content (AvgIpc) is 2.91. The van der Waals surface area contributed by atoms with Crippen molar-refractivity contribution in [2.45, 2.75) is 19.3 Å². The van der Waals surface area contributed by atoms with Gasteiger partial charge in [0, 0.05) is 17.9 Å². The molecule has 0 saturated heterocycles. The predicted molar refractivity (Wildman–Crippen MR) is 90.4 cm³/mol. The highest BCUT2D eigenvalue weighted by Crippen LogP contribution is 2.40. The van der Waals surface area contributed by atoms with Crippen LogP contribution in [0.25, 0.3) is 5.82 Å². The Hall–Kier alpha value is -2.80. The minimum absolute atomic E-state index is 0.162. The first-order chi connectivity index (χ1) is 12.0. The minimum Gasteiger partial charge on any atom is -0.310 e. The van der Waals surface area contributed by atoms with Crippen molar-refractivity contribution in [3.8, 4) is 5.82 Å². The van der Waals surface area contributed by atoms with E-state index in [9.17, 15) is 9.18 Å². The van der Waals surface area contributed by atoms with Crippen LogP contribution in [0.3, 0.4) is 0 Å². The summed E-state index contributed by atoms with van der Waals surface area (Å²) in [6.07, 6.45) is 0.231. The normalized spacial score (nSPS) is 16.4. The van der Waals surface area contributed by atoms with Gasteiger partial charge in [0.25, 0.3) is 0 Å². The standard InChI is InChI=1S/C17H13ClFN5O/c1-9-16-12(10-3-2-4-11(19)7-10)8-15(25)20-17(16)24(23-9)14-6-5-13(18)21-22-14/h2-7,12H,8H2,1H3,(H,20,25)/t12-/m0/s1. The van der Waals surface area contributed by atoms with Crippen molar-refractivity contribution in [3.05, 3.63) is 64.2 Å². The van der Waals surface area contributed by atoms with Gasteiger partial charge in [-0.15, -0.1) is 10.2 Å². The summed E-state index contributed by atoms with van der Waals surface area (Å²) in [5.41, 5.74) is 2.32. The van der Waals surface area contributed by atoms with Crippen LogP contribution in [0.15, 0.2) is 36.4 Å². The molecular formula is C17H13ClFN5O. The third-order valence-corrected chi connectivity index (χ3v) is 4.39. The maximum absolute atomic E-state index is 13.7. The maximum atomic E-state index is 13.7. The van der Waals surface area contributed by atoms with Crippen molar-refractivity contribution in [1.82, 2.24) is 20.0 Å². The van der Waals surface area contributed by atoms with E-state index in [4.69, 9.17) is 11.6 Å². The minimum atomic E-state index is -0.335. The Morgan fingerprint density at radius 2 is 2.12 bits per heavy atom. The van der Waals surface area contributed by atoms with Crippen molar-refractivity contribution < 1.29 is 9.18 Å². The molecule has 0 spiro atoms. The summed E-state index contributed by atoms with van der Waals surface area (Å²) in [5, 5.41) is 15.4. The van der Waals surface area contributed by atoms with E-state index in [-0.39, 0.29) is 29.2 Å². The van der Waals surface area contributed by atoms with E-state index in [0.717, 1.165) is 16.8 Å². The molecule has 6 nitrogen and oxygen atoms in total. The lowest BCUT2D eigenvalue weighted by molar-refractivity contribution is -0.116. The number of rotatable bonds is 2. The van der Waals surface area contributed by atoms with E-state index < -0.39 is 0 Å². The molecule has 1 amide bonds. The molecule has 0 unspecified atom stereocenters. The van der Waals surface area contributed by atoms with Gasteiger partial charge in [-0.1, -0.05) is 23.7 Å². The Morgan fingerprint density at radius 3 is 2.84 bits per heavy atom. The van der Waals surface area contributed by atoms with Crippen LogP contribution in [-0.4, -0.2) is 25.9 Å². The van der Waals surface area contributed by atoms with Crippen molar-refractivity contribution in [2.75, 3.05) is 5.32 Å². The summed E-state index contributed by atoms with van der Waals surface area (Å²) in [7, 11) is 0. The van der Waals surface area contributed by atoms with Gasteiger partial charge in [0.15, 0.2) is 11.0 Å². The fourth-order valence-corrected chi connectivity index (χ4v) is 3.24. The third kappa shape index (κ3) is 2.76. The molecule has 0 fully saturated rings. The van der Waals surface area contributed by atoms with Crippen LogP contribution in [0, 0.1) is 12.7 Å². The molecule has 4 rings (SSSR count). The zero-order chi connectivity index (χ0) is 17.6. The molecule has 1 aliphatic heterocycles. The summed E-state index contributed by atoms with van der Waals surface area (Å²) in [5.74, 6) is 0.200. The number of fused-ring (bicyclic) bond motifs is 1. The van der Waals surface area contributed by atoms with Crippen molar-refractivity contribution >= 4 is 23.3 Å². The Morgan fingerprint density at radius 1 is 1.28 bits per heavy atom. The molecule has 126 valence electrons. The van der Waals surface area contributed by atoms with Gasteiger partial charge in [0.05, 0.1) is 5.69 Å². The second-order valence-electron chi connectivity index (χ2n) is 5.83. The molecule has 0 bridgehead atoms. The van der Waals surface area contributed by atoms with E-state index in [1.54, 1.807) is 18.2 Å². The Balaban J connectivity index is 1.87. The maximum Gasteiger partial charge on any atom is 0.226 e. The van der Waals surface area contributed by atoms with Crippen molar-refractivity contribution in [1.29, 1.82) is 0 Å². The average molecular weight is 358 g/mol. The number of nitrogens with one attached hydrogen (secondary N) is 1. The summed E-state index contributed by atoms with van der Waals surface area (Å²) in [6, 6.07) is 9.55. The molecule has 3 aromatic rings. The number of carbonyl (C=O) groups excluding carboxylic acids is 1. The highest BCUT2D eigenvalue weighted by Gasteiger charge is 2.33. The van der Waals surface area contributed by atoms with Crippen LogP contribution in [-0.2, 0) is 4.79 Å². The first kappa shape index (κ1) is 15.7. The molecule has 3 heterocycles. The highest BCUT2D eigenvalue weighted by atomic mass is 35.5. The number of amides is 1. The number of aromatic nitrogens is 4. The van der Waals surface area contributed by atoms with E-state index in [1.807, 2.05) is 13.0 Å². The highest BCUT2D eigenvalue weighted by molar-refractivity contribution is 6.29. The van der Waals surface area contributed by atoms with E-state index in [0.29, 0.717) is 11.6 Å². The fourth-order valence-electron chi connectivity index (χ4n) is 3.14. The Kier molecular flexibility index (Phi) is 3.73. The molecule has 0 saturated carbocycles. The molecule has 1 aliphatic rings. The summed E-state index contributed by atoms with van der Waals surface area (Å²) < 4.78 is 15.2. The number of hydrogen-bond acceptors (Lipinski definition) is 4. The lowest BCUT2D eigenvalue weighted by Crippen LogP contribution is -2.25. The Labute approximate surface area is 147 Å². The molecule has 2 aromatic heterocycles. The Bertz CT molecular complexity index is 970. The van der Waals surface area contributed by atoms with Gasteiger partial charge in [0.2, 0.25) is 5.91 Å². The zero-order valence-corrected chi connectivity index (χ0v) is 14.0. The second-order valence-corrected chi connectivity index (χ2v) is 6.22. The van der Waals surface area contributed by atoms with Gasteiger partial charge in [-0.3, -0.25) is 4.79 Å². The van der Waals surface area contributed by atoms with Gasteiger partial charge in [-0.2, -0.15) is 9.78 Å². The summed E-state index contributed by atoms with van der Waals surface area (Å²) in [4.78, 5) is 12.2. The first-order valence-corrected chi connectivity index (χ1v) is 8.05. The number of anilines is 1. The van der Waals surface area contributed by atoms with Crippen LogP contribution in [0.2, 0.25) is 5.15 Å². The summed E-state index contributed by atoms with van der Waals surface area (Å²) >= 11 is 5.78. The molecular weight excluding hydrogens is 345 g/mol. The van der Waals surface area contributed by atoms with Crippen LogP contribution in [0.5, 0.6) is 0 Å². The smallest absolute Gasteiger partial charge is 0.226 e. The van der Waals surface area contributed by atoms with Crippen LogP contribution >= 0.6 is 11.6 Å². The van der Waals surface area contributed by atoms with E-state index >= 15 is 0 Å². The molecule has 1 aromatic carbocycles. The predicted octanol–water partition coefficient (Wildman–Crippen LogP) is 3.24. The van der Waals surface area contributed by atoms with E-state index in [1.165, 1.54) is 16.8 Å². The van der Waals surface area contributed by atoms with Gasteiger partial charge < -0.3 is 5.32 Å². The quantitative estimate of drug-likeness (QED) is 0.764. The molecule has 0 aliphatic carbocycles. The molecule has 1 N–H and O–H groups in total. The molecule has 1 atom stereocenters. The van der Waals surface area contributed by atoms with Gasteiger partial charge in [0.1, 0.15) is 11.6 Å². The van der Waals surface area contributed by atoms with Crippen molar-refractivity contribution in [2.24, 2.45) is 0 Å². The van der Waals surface area contributed by atoms with Gasteiger partial charge >= 0.3 is 0 Å². The van der Waals surface area contributed by atoms with Gasteiger partial charge in [-0.05, 0) is 36.8 Å². The number of hydrogen-bond donors (Lipinski definition) is 1. The van der Waals surface area contributed by atoms with Gasteiger partial charge in [-0.25, -0.2) is 4.39 Å². The first-order valence-electron chi connectivity index (χ1n) is 7.67. The molecule has 25 heavy (non-hydrogen) atoms. The monoisotopic (exact) mass is 357 g/mol. The SMILES string of the molecule is Cc1nn(-c2ccc(Cl)nn2)c2c1[C@H](c1cccc(F)c1)CC(=O)N2. The second kappa shape index (κ2) is 5.93. The largest absolute Gasteiger partial charge is 0.310 e. The third-order valence-electron chi connectivity index (χ3n) is 4.19. The number of halogens is 2. The lowest BCUT2D eigenvalue weighted by atomic mass is 9.86. The number of carbonyl (C=O) groups is 1. The summed E-state index contributed by atoms with van der Waals surface area (Å²) in [6.45, 7) is 1.85. The molecule has 0 radical (unpaired) electrons. The van der Waals surface area contributed by atoms with Crippen molar-refractivity contribution in [3.63, 3.8) is 0 Å². The molecule has 8 heteroatoms. The van der Waals surface area contributed by atoms with E-state index in [2.05, 4.69) is 20.6 Å². The zero-order valence-electron chi connectivity index (χ0n) is 13.2. The topological polar surface area (TPSA) is 72.7 Å². The number of aryl methyl sites for hydroxylation is 1. The van der Waals surface area contributed by atoms with Crippen LogP contribution in [0.1, 0.15) is 29.2 Å². The fraction of sp³-hybridized carbons (Fsp3) is 0.176. The number of benzene rings is 1. The van der Waals surface area contributed by atoms with Crippen LogP contribution < -0.4 is 5.32 Å².